The number of nitrogens with one attached hydrogen (secondary N) is 1. The maximum Gasteiger partial charge on any atom is 0.147 e. The summed E-state index contributed by atoms with van der Waals surface area (Å²) >= 11 is 0. The van der Waals surface area contributed by atoms with Gasteiger partial charge >= 0.3 is 0 Å². The fourth-order valence-corrected chi connectivity index (χ4v) is 1.20. The van der Waals surface area contributed by atoms with E-state index in [1.54, 1.807) is 6.20 Å². The van der Waals surface area contributed by atoms with E-state index in [2.05, 4.69) is 4.98 Å². The van der Waals surface area contributed by atoms with Gasteiger partial charge in [0.15, 0.2) is 0 Å². The topological polar surface area (TPSA) is 40.0 Å². The van der Waals surface area contributed by atoms with Crippen molar-refractivity contribution < 1.29 is 0 Å². The van der Waals surface area contributed by atoms with E-state index in [1.165, 1.54) is 0 Å². The number of hydrogen-bond acceptors (Lipinski definition) is 2. The molecular formula is C10H15N3. The van der Waals surface area contributed by atoms with Crippen molar-refractivity contribution in [2.45, 2.75) is 13.8 Å². The van der Waals surface area contributed by atoms with E-state index < -0.39 is 0 Å². The second-order valence-corrected chi connectivity index (χ2v) is 2.74. The molecule has 3 heteroatoms. The Bertz CT molecular complexity index is 265. The van der Waals surface area contributed by atoms with Crippen LogP contribution in [0.25, 0.3) is 0 Å². The summed E-state index contributed by atoms with van der Waals surface area (Å²) in [6.07, 6.45) is 1.72. The Hall–Kier alpha value is -1.38. The second kappa shape index (κ2) is 4.60. The van der Waals surface area contributed by atoms with Crippen molar-refractivity contribution in [2.75, 3.05) is 13.1 Å². The van der Waals surface area contributed by atoms with Crippen molar-refractivity contribution in [3.8, 4) is 0 Å². The standard InChI is InChI=1S/C10H15N3/c1-3-13(4-2)10(11)9-7-5-6-8-12-9/h5-8,11H,3-4H2,1-2H3. The van der Waals surface area contributed by atoms with Crippen LogP contribution in [0.5, 0.6) is 0 Å². The van der Waals surface area contributed by atoms with Crippen LogP contribution in [0, 0.1) is 5.41 Å². The Kier molecular flexibility index (Phi) is 3.43. The SMILES string of the molecule is CCN(CC)C(=N)c1ccccn1. The molecule has 1 aromatic heterocycles. The summed E-state index contributed by atoms with van der Waals surface area (Å²) in [5.74, 6) is 0.505. The quantitative estimate of drug-likeness (QED) is 0.564. The van der Waals surface area contributed by atoms with Crippen LogP contribution in [-0.4, -0.2) is 28.8 Å². The molecule has 0 amide bonds. The summed E-state index contributed by atoms with van der Waals surface area (Å²) in [7, 11) is 0. The van der Waals surface area contributed by atoms with Crippen LogP contribution >= 0.6 is 0 Å². The Labute approximate surface area is 78.9 Å². The van der Waals surface area contributed by atoms with Gasteiger partial charge in [0.1, 0.15) is 11.5 Å². The van der Waals surface area contributed by atoms with Crippen LogP contribution in [0.1, 0.15) is 19.5 Å². The molecule has 0 bridgehead atoms. The highest BCUT2D eigenvalue weighted by Crippen LogP contribution is 2.00. The summed E-state index contributed by atoms with van der Waals surface area (Å²) in [4.78, 5) is 6.10. The maximum absolute atomic E-state index is 7.85. The molecule has 0 saturated heterocycles. The number of rotatable bonds is 3. The van der Waals surface area contributed by atoms with Gasteiger partial charge in [-0.1, -0.05) is 6.07 Å². The van der Waals surface area contributed by atoms with Crippen LogP contribution in [0.15, 0.2) is 24.4 Å². The van der Waals surface area contributed by atoms with Gasteiger partial charge in [0.2, 0.25) is 0 Å². The molecule has 0 spiro atoms. The Balaban J connectivity index is 2.78. The normalized spacial score (nSPS) is 9.69. The van der Waals surface area contributed by atoms with Crippen molar-refractivity contribution in [1.82, 2.24) is 9.88 Å². The highest BCUT2D eigenvalue weighted by Gasteiger charge is 2.07. The first kappa shape index (κ1) is 9.71. The first-order valence-electron chi connectivity index (χ1n) is 4.54. The molecule has 1 N–H and O–H groups in total. The third-order valence-corrected chi connectivity index (χ3v) is 1.99. The smallest absolute Gasteiger partial charge is 0.147 e. The highest BCUT2D eigenvalue weighted by atomic mass is 15.2. The predicted molar refractivity (Wildman–Crippen MR) is 54.0 cm³/mol. The van der Waals surface area contributed by atoms with Crippen molar-refractivity contribution in [3.63, 3.8) is 0 Å². The number of nitrogens with zero attached hydrogens (tertiary/aromatic N) is 2. The summed E-state index contributed by atoms with van der Waals surface area (Å²) in [5, 5.41) is 7.85. The molecule has 0 atom stereocenters. The summed E-state index contributed by atoms with van der Waals surface area (Å²) in [6.45, 7) is 5.79. The van der Waals surface area contributed by atoms with Gasteiger partial charge in [-0.15, -0.1) is 0 Å². The molecular weight excluding hydrogens is 162 g/mol. The minimum absolute atomic E-state index is 0.505. The molecule has 0 aliphatic carbocycles. The van der Waals surface area contributed by atoms with E-state index in [0.29, 0.717) is 5.84 Å². The summed E-state index contributed by atoms with van der Waals surface area (Å²) < 4.78 is 0. The molecule has 1 rings (SSSR count). The number of aromatic nitrogens is 1. The zero-order chi connectivity index (χ0) is 9.68. The lowest BCUT2D eigenvalue weighted by molar-refractivity contribution is 0.462. The Morgan fingerprint density at radius 2 is 2.08 bits per heavy atom. The molecule has 13 heavy (non-hydrogen) atoms. The van der Waals surface area contributed by atoms with E-state index >= 15 is 0 Å². The second-order valence-electron chi connectivity index (χ2n) is 2.74. The third kappa shape index (κ3) is 2.28. The van der Waals surface area contributed by atoms with E-state index in [9.17, 15) is 0 Å². The number of hydrogen-bond donors (Lipinski definition) is 1. The number of pyridine rings is 1. The minimum Gasteiger partial charge on any atom is -0.356 e. The van der Waals surface area contributed by atoms with Gasteiger partial charge in [0.25, 0.3) is 0 Å². The lowest BCUT2D eigenvalue weighted by Gasteiger charge is -2.20. The van der Waals surface area contributed by atoms with Gasteiger partial charge in [0.05, 0.1) is 0 Å². The van der Waals surface area contributed by atoms with Crippen molar-refractivity contribution in [2.24, 2.45) is 0 Å². The Morgan fingerprint density at radius 1 is 1.38 bits per heavy atom. The van der Waals surface area contributed by atoms with Crippen LogP contribution < -0.4 is 0 Å². The van der Waals surface area contributed by atoms with Crippen molar-refractivity contribution in [3.05, 3.63) is 30.1 Å². The van der Waals surface area contributed by atoms with Crippen LogP contribution in [0.2, 0.25) is 0 Å². The molecule has 0 aliphatic rings. The first-order valence-corrected chi connectivity index (χ1v) is 4.54. The molecule has 0 unspecified atom stereocenters. The predicted octanol–water partition coefficient (Wildman–Crippen LogP) is 1.75. The molecule has 3 nitrogen and oxygen atoms in total. The van der Waals surface area contributed by atoms with Gasteiger partial charge < -0.3 is 4.90 Å². The van der Waals surface area contributed by atoms with Gasteiger partial charge in [0, 0.05) is 19.3 Å². The maximum atomic E-state index is 7.85. The van der Waals surface area contributed by atoms with Gasteiger partial charge in [-0.2, -0.15) is 0 Å². The van der Waals surface area contributed by atoms with Crippen LogP contribution in [0.4, 0.5) is 0 Å². The van der Waals surface area contributed by atoms with Crippen LogP contribution in [-0.2, 0) is 0 Å². The third-order valence-electron chi connectivity index (χ3n) is 1.99. The fraction of sp³-hybridized carbons (Fsp3) is 0.400. The fourth-order valence-electron chi connectivity index (χ4n) is 1.20. The summed E-state index contributed by atoms with van der Waals surface area (Å²) in [6, 6.07) is 5.63. The molecule has 0 aliphatic heterocycles. The first-order chi connectivity index (χ1) is 6.29. The van der Waals surface area contributed by atoms with E-state index in [1.807, 2.05) is 36.9 Å². The zero-order valence-corrected chi connectivity index (χ0v) is 8.12. The molecule has 70 valence electrons. The average Bonchev–Trinajstić information content (AvgIpc) is 2.21. The van der Waals surface area contributed by atoms with E-state index in [0.717, 1.165) is 18.8 Å². The molecule has 0 aromatic carbocycles. The van der Waals surface area contributed by atoms with Gasteiger partial charge in [-0.25, -0.2) is 0 Å². The van der Waals surface area contributed by atoms with Gasteiger partial charge in [-0.3, -0.25) is 10.4 Å². The lowest BCUT2D eigenvalue weighted by Crippen LogP contribution is -2.31. The molecule has 0 radical (unpaired) electrons. The lowest BCUT2D eigenvalue weighted by atomic mass is 10.3. The van der Waals surface area contributed by atoms with E-state index in [4.69, 9.17) is 5.41 Å². The molecule has 1 aromatic rings. The monoisotopic (exact) mass is 177 g/mol. The number of amidine groups is 1. The van der Waals surface area contributed by atoms with Crippen molar-refractivity contribution >= 4 is 5.84 Å². The molecule has 0 fully saturated rings. The average molecular weight is 177 g/mol. The zero-order valence-electron chi connectivity index (χ0n) is 8.12. The van der Waals surface area contributed by atoms with Crippen LogP contribution in [0.3, 0.4) is 0 Å². The van der Waals surface area contributed by atoms with Crippen molar-refractivity contribution in [1.29, 1.82) is 5.41 Å². The minimum atomic E-state index is 0.505. The summed E-state index contributed by atoms with van der Waals surface area (Å²) in [5.41, 5.74) is 0.742. The van der Waals surface area contributed by atoms with Gasteiger partial charge in [-0.05, 0) is 26.0 Å². The molecule has 1 heterocycles. The van der Waals surface area contributed by atoms with E-state index in [-0.39, 0.29) is 0 Å². The Morgan fingerprint density at radius 3 is 2.54 bits per heavy atom. The highest BCUT2D eigenvalue weighted by molar-refractivity contribution is 5.94. The largest absolute Gasteiger partial charge is 0.356 e. The molecule has 0 saturated carbocycles.